The fraction of sp³-hybridized carbons (Fsp3) is 0.143. The number of alkyl halides is 3. The first-order chi connectivity index (χ1) is 9.45. The van der Waals surface area contributed by atoms with Gasteiger partial charge in [-0.05, 0) is 23.8 Å². The standard InChI is InChI=1S/C14H11F3N2O/c15-14(16,17)11-4-1-3-10(7-11)8-13(20)19-12-5-2-6-18-9-12/h1-7,9H,8H2,(H,19,20). The van der Waals surface area contributed by atoms with Crippen molar-refractivity contribution in [1.82, 2.24) is 4.98 Å². The number of nitrogens with one attached hydrogen (secondary N) is 1. The van der Waals surface area contributed by atoms with Crippen LogP contribution in [0.15, 0.2) is 48.8 Å². The van der Waals surface area contributed by atoms with Crippen LogP contribution in [0, 0.1) is 0 Å². The number of benzene rings is 1. The van der Waals surface area contributed by atoms with Crippen LogP contribution >= 0.6 is 0 Å². The van der Waals surface area contributed by atoms with Gasteiger partial charge < -0.3 is 5.32 Å². The molecule has 3 nitrogen and oxygen atoms in total. The Kier molecular flexibility index (Phi) is 4.02. The molecule has 0 aliphatic heterocycles. The zero-order valence-electron chi connectivity index (χ0n) is 10.3. The smallest absolute Gasteiger partial charge is 0.324 e. The number of aromatic nitrogens is 1. The summed E-state index contributed by atoms with van der Waals surface area (Å²) in [6.07, 6.45) is -1.51. The molecule has 1 heterocycles. The van der Waals surface area contributed by atoms with E-state index in [1.807, 2.05) is 0 Å². The number of nitrogens with zero attached hydrogens (tertiary/aromatic N) is 1. The average molecular weight is 280 g/mol. The Morgan fingerprint density at radius 1 is 1.20 bits per heavy atom. The van der Waals surface area contributed by atoms with Gasteiger partial charge in [0.25, 0.3) is 0 Å². The molecule has 0 aliphatic carbocycles. The third kappa shape index (κ3) is 3.81. The molecule has 0 fully saturated rings. The van der Waals surface area contributed by atoms with Gasteiger partial charge in [0.2, 0.25) is 5.91 Å². The normalized spacial score (nSPS) is 11.2. The summed E-state index contributed by atoms with van der Waals surface area (Å²) < 4.78 is 37.6. The van der Waals surface area contributed by atoms with Gasteiger partial charge >= 0.3 is 6.18 Å². The summed E-state index contributed by atoms with van der Waals surface area (Å²) in [5, 5.41) is 2.57. The summed E-state index contributed by atoms with van der Waals surface area (Å²) in [5.74, 6) is -0.391. The molecule has 2 rings (SSSR count). The van der Waals surface area contributed by atoms with E-state index in [1.165, 1.54) is 18.3 Å². The monoisotopic (exact) mass is 280 g/mol. The highest BCUT2D eigenvalue weighted by atomic mass is 19.4. The number of carbonyl (C=O) groups excluding carboxylic acids is 1. The van der Waals surface area contributed by atoms with Crippen molar-refractivity contribution in [3.63, 3.8) is 0 Å². The number of halogens is 3. The van der Waals surface area contributed by atoms with Gasteiger partial charge in [-0.25, -0.2) is 0 Å². The van der Waals surface area contributed by atoms with E-state index in [1.54, 1.807) is 18.3 Å². The molecule has 0 radical (unpaired) electrons. The summed E-state index contributed by atoms with van der Waals surface area (Å²) >= 11 is 0. The number of pyridine rings is 1. The number of anilines is 1. The summed E-state index contributed by atoms with van der Waals surface area (Å²) in [7, 11) is 0. The van der Waals surface area contributed by atoms with Crippen LogP contribution in [0.25, 0.3) is 0 Å². The molecule has 0 spiro atoms. The molecule has 0 atom stereocenters. The highest BCUT2D eigenvalue weighted by molar-refractivity contribution is 5.92. The molecule has 6 heteroatoms. The zero-order valence-corrected chi connectivity index (χ0v) is 10.3. The van der Waals surface area contributed by atoms with Crippen molar-refractivity contribution in [3.05, 3.63) is 59.9 Å². The number of hydrogen-bond acceptors (Lipinski definition) is 2. The Bertz CT molecular complexity index is 597. The van der Waals surface area contributed by atoms with Gasteiger partial charge in [0, 0.05) is 6.20 Å². The summed E-state index contributed by atoms with van der Waals surface area (Å²) in [5.41, 5.74) is 0.0508. The highest BCUT2D eigenvalue weighted by Crippen LogP contribution is 2.29. The van der Waals surface area contributed by atoms with Crippen molar-refractivity contribution >= 4 is 11.6 Å². The molecular weight excluding hydrogens is 269 g/mol. The van der Waals surface area contributed by atoms with Crippen LogP contribution in [0.2, 0.25) is 0 Å². The molecule has 0 saturated carbocycles. The van der Waals surface area contributed by atoms with Crippen molar-refractivity contribution in [2.24, 2.45) is 0 Å². The molecular formula is C14H11F3N2O. The topological polar surface area (TPSA) is 42.0 Å². The van der Waals surface area contributed by atoms with Crippen LogP contribution in [-0.4, -0.2) is 10.9 Å². The number of carbonyl (C=O) groups is 1. The highest BCUT2D eigenvalue weighted by Gasteiger charge is 2.30. The predicted octanol–water partition coefficient (Wildman–Crippen LogP) is 3.28. The van der Waals surface area contributed by atoms with Crippen molar-refractivity contribution in [3.8, 4) is 0 Å². The van der Waals surface area contributed by atoms with Gasteiger partial charge in [-0.3, -0.25) is 9.78 Å². The van der Waals surface area contributed by atoms with Crippen LogP contribution in [-0.2, 0) is 17.4 Å². The van der Waals surface area contributed by atoms with E-state index in [9.17, 15) is 18.0 Å². The van der Waals surface area contributed by atoms with Crippen LogP contribution < -0.4 is 5.32 Å². The minimum atomic E-state index is -4.41. The maximum absolute atomic E-state index is 12.5. The minimum Gasteiger partial charge on any atom is -0.324 e. The van der Waals surface area contributed by atoms with Gasteiger partial charge in [0.1, 0.15) is 0 Å². The summed E-state index contributed by atoms with van der Waals surface area (Å²) in [4.78, 5) is 15.6. The lowest BCUT2D eigenvalue weighted by atomic mass is 10.1. The molecule has 20 heavy (non-hydrogen) atoms. The third-order valence-corrected chi connectivity index (χ3v) is 2.56. The van der Waals surface area contributed by atoms with Crippen LogP contribution in [0.1, 0.15) is 11.1 Å². The third-order valence-electron chi connectivity index (χ3n) is 2.56. The second-order valence-electron chi connectivity index (χ2n) is 4.16. The van der Waals surface area contributed by atoms with Gasteiger partial charge in [0.15, 0.2) is 0 Å². The van der Waals surface area contributed by atoms with Crippen molar-refractivity contribution in [2.45, 2.75) is 12.6 Å². The van der Waals surface area contributed by atoms with E-state index < -0.39 is 17.6 Å². The lowest BCUT2D eigenvalue weighted by Gasteiger charge is -2.09. The van der Waals surface area contributed by atoms with Gasteiger partial charge in [-0.15, -0.1) is 0 Å². The molecule has 1 amide bonds. The minimum absolute atomic E-state index is 0.126. The molecule has 1 aromatic heterocycles. The maximum Gasteiger partial charge on any atom is 0.416 e. The first kappa shape index (κ1) is 14.0. The number of hydrogen-bond donors (Lipinski definition) is 1. The lowest BCUT2D eigenvalue weighted by Crippen LogP contribution is -2.15. The second-order valence-corrected chi connectivity index (χ2v) is 4.16. The van der Waals surface area contributed by atoms with Gasteiger partial charge in [0.05, 0.1) is 23.9 Å². The first-order valence-electron chi connectivity index (χ1n) is 5.81. The molecule has 0 saturated heterocycles. The van der Waals surface area contributed by atoms with E-state index in [2.05, 4.69) is 10.3 Å². The molecule has 0 aliphatic rings. The Morgan fingerprint density at radius 2 is 2.00 bits per heavy atom. The van der Waals surface area contributed by atoms with Crippen molar-refractivity contribution in [2.75, 3.05) is 5.32 Å². The lowest BCUT2D eigenvalue weighted by molar-refractivity contribution is -0.137. The molecule has 0 unspecified atom stereocenters. The summed E-state index contributed by atoms with van der Waals surface area (Å²) in [6, 6.07) is 8.02. The van der Waals surface area contributed by atoms with E-state index in [-0.39, 0.29) is 6.42 Å². The molecule has 1 N–H and O–H groups in total. The van der Waals surface area contributed by atoms with Crippen LogP contribution in [0.3, 0.4) is 0 Å². The largest absolute Gasteiger partial charge is 0.416 e. The number of amides is 1. The fourth-order valence-electron chi connectivity index (χ4n) is 1.68. The predicted molar refractivity (Wildman–Crippen MR) is 68.0 cm³/mol. The SMILES string of the molecule is O=C(Cc1cccc(C(F)(F)F)c1)Nc1cccnc1. The Labute approximate surface area is 113 Å². The average Bonchev–Trinajstić information content (AvgIpc) is 2.39. The Morgan fingerprint density at radius 3 is 2.65 bits per heavy atom. The first-order valence-corrected chi connectivity index (χ1v) is 5.81. The quantitative estimate of drug-likeness (QED) is 0.937. The zero-order chi connectivity index (χ0) is 14.6. The summed E-state index contributed by atoms with van der Waals surface area (Å²) in [6.45, 7) is 0. The molecule has 0 bridgehead atoms. The van der Waals surface area contributed by atoms with Crippen molar-refractivity contribution in [1.29, 1.82) is 0 Å². The van der Waals surface area contributed by atoms with Crippen molar-refractivity contribution < 1.29 is 18.0 Å². The van der Waals surface area contributed by atoms with E-state index >= 15 is 0 Å². The maximum atomic E-state index is 12.5. The van der Waals surface area contributed by atoms with E-state index in [4.69, 9.17) is 0 Å². The molecule has 1 aromatic carbocycles. The Hall–Kier alpha value is -2.37. The van der Waals surface area contributed by atoms with Gasteiger partial charge in [-0.2, -0.15) is 13.2 Å². The fourth-order valence-corrected chi connectivity index (χ4v) is 1.68. The molecule has 104 valence electrons. The van der Waals surface area contributed by atoms with E-state index in [0.29, 0.717) is 11.3 Å². The van der Waals surface area contributed by atoms with E-state index in [0.717, 1.165) is 12.1 Å². The van der Waals surface area contributed by atoms with Crippen LogP contribution in [0.4, 0.5) is 18.9 Å². The van der Waals surface area contributed by atoms with Crippen LogP contribution in [0.5, 0.6) is 0 Å². The van der Waals surface area contributed by atoms with Gasteiger partial charge in [-0.1, -0.05) is 18.2 Å². The second kappa shape index (κ2) is 5.73. The Balaban J connectivity index is 2.05. The number of rotatable bonds is 3. The molecule has 2 aromatic rings.